The second-order valence-electron chi connectivity index (χ2n) is 7.12. The number of nitriles is 1. The fourth-order valence-electron chi connectivity index (χ4n) is 3.47. The summed E-state index contributed by atoms with van der Waals surface area (Å²) >= 11 is 6.06. The summed E-state index contributed by atoms with van der Waals surface area (Å²) in [4.78, 5) is 17.4. The molecule has 0 aromatic heterocycles. The predicted octanol–water partition coefficient (Wildman–Crippen LogP) is 3.75. The van der Waals surface area contributed by atoms with Crippen molar-refractivity contribution < 1.29 is 4.79 Å². The quantitative estimate of drug-likeness (QED) is 0.836. The van der Waals surface area contributed by atoms with Gasteiger partial charge < -0.3 is 5.32 Å². The highest BCUT2D eigenvalue weighted by Crippen LogP contribution is 2.21. The second kappa shape index (κ2) is 9.70. The molecule has 5 nitrogen and oxygen atoms in total. The molecule has 3 rings (SSSR count). The molecule has 1 fully saturated rings. The summed E-state index contributed by atoms with van der Waals surface area (Å²) in [6, 6.07) is 17.2. The van der Waals surface area contributed by atoms with E-state index in [0.717, 1.165) is 39.1 Å². The summed E-state index contributed by atoms with van der Waals surface area (Å²) in [5, 5.41) is 12.2. The van der Waals surface area contributed by atoms with Crippen molar-refractivity contribution >= 4 is 23.2 Å². The molecule has 1 heterocycles. The minimum absolute atomic E-state index is 0.0581. The van der Waals surface area contributed by atoms with Crippen molar-refractivity contribution in [2.75, 3.05) is 31.5 Å². The van der Waals surface area contributed by atoms with E-state index in [1.54, 1.807) is 18.2 Å². The number of carbonyl (C=O) groups is 1. The number of nitrogens with one attached hydrogen (secondary N) is 1. The Kier molecular flexibility index (Phi) is 7.05. The van der Waals surface area contributed by atoms with Crippen LogP contribution in [0.25, 0.3) is 0 Å². The van der Waals surface area contributed by atoms with Crippen molar-refractivity contribution in [3.63, 3.8) is 0 Å². The van der Waals surface area contributed by atoms with E-state index in [0.29, 0.717) is 16.3 Å². The molecule has 1 N–H and O–H groups in total. The van der Waals surface area contributed by atoms with E-state index < -0.39 is 0 Å². The van der Waals surface area contributed by atoms with Crippen molar-refractivity contribution in [1.29, 1.82) is 5.26 Å². The number of hydrogen-bond acceptors (Lipinski definition) is 4. The highest BCUT2D eigenvalue weighted by atomic mass is 35.5. The Hall–Kier alpha value is -2.39. The summed E-state index contributed by atoms with van der Waals surface area (Å²) in [5.74, 6) is -0.0581. The van der Waals surface area contributed by atoms with Crippen LogP contribution in [0, 0.1) is 11.3 Å². The van der Waals surface area contributed by atoms with Crippen LogP contribution in [0.15, 0.2) is 48.5 Å². The maximum Gasteiger partial charge on any atom is 0.241 e. The van der Waals surface area contributed by atoms with Crippen LogP contribution in [0.1, 0.15) is 24.5 Å². The van der Waals surface area contributed by atoms with Crippen molar-refractivity contribution in [2.24, 2.45) is 0 Å². The van der Waals surface area contributed by atoms with Crippen LogP contribution in [0.4, 0.5) is 5.69 Å². The monoisotopic (exact) mass is 396 g/mol. The molecule has 146 valence electrons. The number of rotatable bonds is 5. The summed E-state index contributed by atoms with van der Waals surface area (Å²) in [6.45, 7) is 6.61. The van der Waals surface area contributed by atoms with E-state index in [1.807, 2.05) is 19.1 Å². The van der Waals surface area contributed by atoms with Gasteiger partial charge in [-0.1, -0.05) is 41.9 Å². The normalized spacial score (nSPS) is 16.8. The first-order valence-electron chi connectivity index (χ1n) is 9.57. The molecule has 0 saturated carbocycles. The predicted molar refractivity (Wildman–Crippen MR) is 112 cm³/mol. The highest BCUT2D eigenvalue weighted by molar-refractivity contribution is 6.32. The smallest absolute Gasteiger partial charge is 0.241 e. The third-order valence-corrected chi connectivity index (χ3v) is 5.47. The van der Waals surface area contributed by atoms with Crippen LogP contribution in [0.3, 0.4) is 0 Å². The Morgan fingerprint density at radius 2 is 1.96 bits per heavy atom. The molecule has 1 aliphatic rings. The number of anilines is 1. The van der Waals surface area contributed by atoms with E-state index in [1.165, 1.54) is 5.56 Å². The van der Waals surface area contributed by atoms with Gasteiger partial charge in [0, 0.05) is 31.9 Å². The zero-order valence-corrected chi connectivity index (χ0v) is 16.8. The average molecular weight is 397 g/mol. The fourth-order valence-corrected chi connectivity index (χ4v) is 3.70. The number of amides is 1. The second-order valence-corrected chi connectivity index (χ2v) is 7.53. The van der Waals surface area contributed by atoms with E-state index in [2.05, 4.69) is 39.4 Å². The molecule has 28 heavy (non-hydrogen) atoms. The molecule has 6 heteroatoms. The van der Waals surface area contributed by atoms with E-state index >= 15 is 0 Å². The Morgan fingerprint density at radius 3 is 2.68 bits per heavy atom. The summed E-state index contributed by atoms with van der Waals surface area (Å²) in [6.07, 6.45) is 1.03. The summed E-state index contributed by atoms with van der Waals surface area (Å²) < 4.78 is 0. The number of nitrogens with zero attached hydrogens (tertiary/aromatic N) is 3. The zero-order chi connectivity index (χ0) is 19.9. The number of benzene rings is 2. The number of hydrogen-bond donors (Lipinski definition) is 1. The lowest BCUT2D eigenvalue weighted by molar-refractivity contribution is -0.120. The van der Waals surface area contributed by atoms with Gasteiger partial charge in [-0.15, -0.1) is 0 Å². The van der Waals surface area contributed by atoms with Crippen LogP contribution in [0.2, 0.25) is 5.02 Å². The van der Waals surface area contributed by atoms with Gasteiger partial charge in [-0.3, -0.25) is 14.6 Å². The van der Waals surface area contributed by atoms with Gasteiger partial charge >= 0.3 is 0 Å². The first-order chi connectivity index (χ1) is 13.6. The summed E-state index contributed by atoms with van der Waals surface area (Å²) in [5.41, 5.74) is 2.33. The molecule has 0 radical (unpaired) electrons. The van der Waals surface area contributed by atoms with Gasteiger partial charge in [0.15, 0.2) is 0 Å². The first kappa shape index (κ1) is 20.3. The molecule has 0 bridgehead atoms. The van der Waals surface area contributed by atoms with Gasteiger partial charge in [0.05, 0.1) is 16.6 Å². The standard InChI is InChI=1S/C22H25ClN4O/c1-17(22(28)25-20-9-8-19(15-24)21(23)14-20)27-11-5-10-26(12-13-27)16-18-6-3-2-4-7-18/h2-4,6-9,14,17H,5,10-13,16H2,1H3,(H,25,28). The molecule has 1 atom stereocenters. The minimum atomic E-state index is -0.230. The van der Waals surface area contributed by atoms with E-state index in [4.69, 9.17) is 16.9 Å². The summed E-state index contributed by atoms with van der Waals surface area (Å²) in [7, 11) is 0. The topological polar surface area (TPSA) is 59.4 Å². The molecule has 2 aromatic rings. The third-order valence-electron chi connectivity index (χ3n) is 5.16. The third kappa shape index (κ3) is 5.32. The Morgan fingerprint density at radius 1 is 1.18 bits per heavy atom. The van der Waals surface area contributed by atoms with Crippen LogP contribution in [-0.2, 0) is 11.3 Å². The maximum atomic E-state index is 12.7. The Labute approximate surface area is 171 Å². The molecular weight excluding hydrogens is 372 g/mol. The molecule has 2 aromatic carbocycles. The van der Waals surface area contributed by atoms with Gasteiger partial charge in [-0.2, -0.15) is 5.26 Å². The maximum absolute atomic E-state index is 12.7. The van der Waals surface area contributed by atoms with Gasteiger partial charge in [0.2, 0.25) is 5.91 Å². The molecule has 1 unspecified atom stereocenters. The van der Waals surface area contributed by atoms with Crippen LogP contribution in [-0.4, -0.2) is 47.9 Å². The Balaban J connectivity index is 1.55. The van der Waals surface area contributed by atoms with Gasteiger partial charge in [-0.25, -0.2) is 0 Å². The van der Waals surface area contributed by atoms with Crippen molar-refractivity contribution in [3.05, 3.63) is 64.7 Å². The Bertz CT molecular complexity index is 849. The molecule has 1 amide bonds. The van der Waals surface area contributed by atoms with Gasteiger partial charge in [-0.05, 0) is 43.7 Å². The van der Waals surface area contributed by atoms with Gasteiger partial charge in [0.1, 0.15) is 6.07 Å². The lowest BCUT2D eigenvalue weighted by Crippen LogP contribution is -2.43. The number of halogens is 1. The largest absolute Gasteiger partial charge is 0.325 e. The van der Waals surface area contributed by atoms with Crippen LogP contribution < -0.4 is 5.32 Å². The zero-order valence-electron chi connectivity index (χ0n) is 16.1. The minimum Gasteiger partial charge on any atom is -0.325 e. The lowest BCUT2D eigenvalue weighted by atomic mass is 10.2. The fraction of sp³-hybridized carbons (Fsp3) is 0.364. The van der Waals surface area contributed by atoms with Crippen LogP contribution in [0.5, 0.6) is 0 Å². The van der Waals surface area contributed by atoms with Crippen molar-refractivity contribution in [2.45, 2.75) is 25.9 Å². The van der Waals surface area contributed by atoms with Crippen molar-refractivity contribution in [3.8, 4) is 6.07 Å². The van der Waals surface area contributed by atoms with Gasteiger partial charge in [0.25, 0.3) is 0 Å². The molecule has 1 aliphatic heterocycles. The highest BCUT2D eigenvalue weighted by Gasteiger charge is 2.24. The molecule has 1 saturated heterocycles. The first-order valence-corrected chi connectivity index (χ1v) is 9.95. The van der Waals surface area contributed by atoms with Crippen molar-refractivity contribution in [1.82, 2.24) is 9.80 Å². The molecule has 0 spiro atoms. The average Bonchev–Trinajstić information content (AvgIpc) is 2.94. The SMILES string of the molecule is CC(C(=O)Nc1ccc(C#N)c(Cl)c1)N1CCCN(Cc2ccccc2)CC1. The number of carbonyl (C=O) groups excluding carboxylic acids is 1. The lowest BCUT2D eigenvalue weighted by Gasteiger charge is -2.27. The van der Waals surface area contributed by atoms with Crippen LogP contribution >= 0.6 is 11.6 Å². The van der Waals surface area contributed by atoms with E-state index in [-0.39, 0.29) is 11.9 Å². The molecule has 0 aliphatic carbocycles. The van der Waals surface area contributed by atoms with E-state index in [9.17, 15) is 4.79 Å². The molecular formula is C22H25ClN4O.